The summed E-state index contributed by atoms with van der Waals surface area (Å²) in [6, 6.07) is 16.8. The fraction of sp³-hybridized carbons (Fsp3) is 0. The van der Waals surface area contributed by atoms with E-state index in [2.05, 4.69) is 0 Å². The molecule has 2 N–H and O–H groups in total. The molecule has 7 heteroatoms. The molecule has 0 bridgehead atoms. The second kappa shape index (κ2) is 8.05. The van der Waals surface area contributed by atoms with Crippen molar-refractivity contribution in [2.24, 2.45) is 0 Å². The number of hydrogen-bond acceptors (Lipinski definition) is 6. The lowest BCUT2D eigenvalue weighted by Gasteiger charge is -2.07. The highest BCUT2D eigenvalue weighted by Crippen LogP contribution is 2.18. The fourth-order valence-electron chi connectivity index (χ4n) is 2.25. The summed E-state index contributed by atoms with van der Waals surface area (Å²) >= 11 is 0. The van der Waals surface area contributed by atoms with E-state index in [9.17, 15) is 19.5 Å². The van der Waals surface area contributed by atoms with Gasteiger partial charge in [0.25, 0.3) is 0 Å². The SMILES string of the molecule is O=C(O)c1ccc(OC(=O)c2ccc(OC(=O)c3ccc(O)cc3)cc2)cc1. The van der Waals surface area contributed by atoms with Crippen molar-refractivity contribution < 1.29 is 34.1 Å². The molecule has 0 aliphatic rings. The van der Waals surface area contributed by atoms with E-state index >= 15 is 0 Å². The second-order valence-corrected chi connectivity index (χ2v) is 5.68. The maximum Gasteiger partial charge on any atom is 0.343 e. The molecule has 0 aliphatic heterocycles. The smallest absolute Gasteiger partial charge is 0.343 e. The molecule has 0 heterocycles. The average Bonchev–Trinajstić information content (AvgIpc) is 2.69. The Bertz CT molecular complexity index is 1000. The molecule has 0 radical (unpaired) electrons. The number of esters is 2. The number of aromatic hydroxyl groups is 1. The Hall–Kier alpha value is -4.13. The summed E-state index contributed by atoms with van der Waals surface area (Å²) in [5.74, 6) is -1.83. The number of rotatable bonds is 5. The lowest BCUT2D eigenvalue weighted by atomic mass is 10.2. The van der Waals surface area contributed by atoms with Gasteiger partial charge in [-0.3, -0.25) is 0 Å². The van der Waals surface area contributed by atoms with Gasteiger partial charge in [-0.2, -0.15) is 0 Å². The number of ether oxygens (including phenoxy) is 2. The van der Waals surface area contributed by atoms with Gasteiger partial charge >= 0.3 is 17.9 Å². The normalized spacial score (nSPS) is 10.1. The minimum absolute atomic E-state index is 0.0389. The number of aromatic carboxylic acids is 1. The van der Waals surface area contributed by atoms with Crippen LogP contribution in [0.25, 0.3) is 0 Å². The molecule has 0 atom stereocenters. The maximum atomic E-state index is 12.1. The largest absolute Gasteiger partial charge is 0.508 e. The number of carbonyl (C=O) groups excluding carboxylic acids is 2. The van der Waals surface area contributed by atoms with Gasteiger partial charge in [-0.05, 0) is 72.8 Å². The number of phenolic OH excluding ortho intramolecular Hbond substituents is 1. The first kappa shape index (κ1) is 18.7. The fourth-order valence-corrected chi connectivity index (χ4v) is 2.25. The zero-order valence-corrected chi connectivity index (χ0v) is 14.4. The van der Waals surface area contributed by atoms with Gasteiger partial charge in [-0.1, -0.05) is 0 Å². The minimum atomic E-state index is -1.07. The van der Waals surface area contributed by atoms with Crippen molar-refractivity contribution >= 4 is 17.9 Å². The Morgan fingerprint density at radius 2 is 0.929 bits per heavy atom. The van der Waals surface area contributed by atoms with Crippen molar-refractivity contribution in [1.82, 2.24) is 0 Å². The Morgan fingerprint density at radius 3 is 1.32 bits per heavy atom. The molecule has 3 rings (SSSR count). The van der Waals surface area contributed by atoms with E-state index in [1.807, 2.05) is 0 Å². The van der Waals surface area contributed by atoms with Crippen LogP contribution < -0.4 is 9.47 Å². The summed E-state index contributed by atoms with van der Waals surface area (Å²) in [5, 5.41) is 18.1. The van der Waals surface area contributed by atoms with E-state index in [0.29, 0.717) is 0 Å². The monoisotopic (exact) mass is 378 g/mol. The van der Waals surface area contributed by atoms with E-state index in [0.717, 1.165) is 0 Å². The predicted octanol–water partition coefficient (Wildman–Crippen LogP) is 3.53. The highest BCUT2D eigenvalue weighted by Gasteiger charge is 2.12. The van der Waals surface area contributed by atoms with Crippen LogP contribution in [0.4, 0.5) is 0 Å². The Balaban J connectivity index is 1.63. The number of carboxylic acids is 1. The predicted molar refractivity (Wildman–Crippen MR) is 97.9 cm³/mol. The number of phenols is 1. The van der Waals surface area contributed by atoms with Gasteiger partial charge in [0.15, 0.2) is 0 Å². The maximum absolute atomic E-state index is 12.1. The van der Waals surface area contributed by atoms with E-state index in [4.69, 9.17) is 14.6 Å². The standard InChI is InChI=1S/C21H14O7/c22-16-7-1-14(2-8-16)20(25)28-18-11-5-15(6-12-18)21(26)27-17-9-3-13(4-10-17)19(23)24/h1-12,22H,(H,23,24). The number of benzene rings is 3. The molecule has 140 valence electrons. The third-order valence-corrected chi connectivity index (χ3v) is 3.72. The van der Waals surface area contributed by atoms with Crippen LogP contribution in [-0.2, 0) is 0 Å². The first-order valence-electron chi connectivity index (χ1n) is 8.09. The van der Waals surface area contributed by atoms with Gasteiger partial charge in [0.05, 0.1) is 16.7 Å². The first-order chi connectivity index (χ1) is 13.4. The molecule has 0 fully saturated rings. The Kier molecular flexibility index (Phi) is 5.36. The molecule has 0 aromatic heterocycles. The van der Waals surface area contributed by atoms with Crippen molar-refractivity contribution in [3.05, 3.63) is 89.5 Å². The summed E-state index contributed by atoms with van der Waals surface area (Å²) in [5.41, 5.74) is 0.581. The van der Waals surface area contributed by atoms with E-state index in [-0.39, 0.29) is 33.9 Å². The van der Waals surface area contributed by atoms with Crippen LogP contribution in [0.3, 0.4) is 0 Å². The van der Waals surface area contributed by atoms with Crippen LogP contribution in [0.1, 0.15) is 31.1 Å². The minimum Gasteiger partial charge on any atom is -0.508 e. The second-order valence-electron chi connectivity index (χ2n) is 5.68. The number of carbonyl (C=O) groups is 3. The van der Waals surface area contributed by atoms with Crippen LogP contribution in [0.5, 0.6) is 17.2 Å². The van der Waals surface area contributed by atoms with E-state index in [1.165, 1.54) is 72.8 Å². The van der Waals surface area contributed by atoms with Crippen molar-refractivity contribution in [1.29, 1.82) is 0 Å². The number of carboxylic acid groups (broad SMARTS) is 1. The van der Waals surface area contributed by atoms with Gasteiger partial charge < -0.3 is 19.7 Å². The summed E-state index contributed by atoms with van der Waals surface area (Å²) in [7, 11) is 0. The molecule has 0 saturated heterocycles. The summed E-state index contributed by atoms with van der Waals surface area (Å²) in [6.07, 6.45) is 0. The summed E-state index contributed by atoms with van der Waals surface area (Å²) < 4.78 is 10.4. The molecule has 7 nitrogen and oxygen atoms in total. The van der Waals surface area contributed by atoms with Gasteiger partial charge in [0.2, 0.25) is 0 Å². The Morgan fingerprint density at radius 1 is 0.571 bits per heavy atom. The molecule has 0 amide bonds. The molecule has 0 unspecified atom stereocenters. The Labute approximate surface area is 159 Å². The summed E-state index contributed by atoms with van der Waals surface area (Å²) in [4.78, 5) is 35.0. The average molecular weight is 378 g/mol. The lowest BCUT2D eigenvalue weighted by molar-refractivity contribution is 0.0694. The van der Waals surface area contributed by atoms with Crippen LogP contribution in [0, 0.1) is 0 Å². The van der Waals surface area contributed by atoms with Crippen LogP contribution in [-0.4, -0.2) is 28.1 Å². The molecular weight excluding hydrogens is 364 g/mol. The molecule has 3 aromatic rings. The third kappa shape index (κ3) is 4.53. The molecule has 3 aromatic carbocycles. The van der Waals surface area contributed by atoms with Gasteiger partial charge in [0, 0.05) is 0 Å². The van der Waals surface area contributed by atoms with Crippen LogP contribution >= 0.6 is 0 Å². The van der Waals surface area contributed by atoms with Gasteiger partial charge in [-0.25, -0.2) is 14.4 Å². The highest BCUT2D eigenvalue weighted by atomic mass is 16.5. The van der Waals surface area contributed by atoms with Gasteiger partial charge in [-0.15, -0.1) is 0 Å². The zero-order valence-electron chi connectivity index (χ0n) is 14.4. The molecule has 0 saturated carbocycles. The van der Waals surface area contributed by atoms with Crippen LogP contribution in [0.2, 0.25) is 0 Å². The molecule has 0 aliphatic carbocycles. The van der Waals surface area contributed by atoms with Crippen molar-refractivity contribution in [2.45, 2.75) is 0 Å². The molecule has 0 spiro atoms. The first-order valence-corrected chi connectivity index (χ1v) is 8.09. The van der Waals surface area contributed by atoms with Gasteiger partial charge in [0.1, 0.15) is 17.2 Å². The topological polar surface area (TPSA) is 110 Å². The molecule has 28 heavy (non-hydrogen) atoms. The van der Waals surface area contributed by atoms with E-state index in [1.54, 1.807) is 0 Å². The van der Waals surface area contributed by atoms with Crippen LogP contribution in [0.15, 0.2) is 72.8 Å². The highest BCUT2D eigenvalue weighted by molar-refractivity contribution is 5.93. The van der Waals surface area contributed by atoms with Crippen molar-refractivity contribution in [3.8, 4) is 17.2 Å². The quantitative estimate of drug-likeness (QED) is 0.516. The zero-order chi connectivity index (χ0) is 20.1. The van der Waals surface area contributed by atoms with E-state index < -0.39 is 17.9 Å². The van der Waals surface area contributed by atoms with Crippen molar-refractivity contribution in [2.75, 3.05) is 0 Å². The summed E-state index contributed by atoms with van der Waals surface area (Å²) in [6.45, 7) is 0. The molecular formula is C21H14O7. The lowest BCUT2D eigenvalue weighted by Crippen LogP contribution is -2.10. The van der Waals surface area contributed by atoms with Crippen molar-refractivity contribution in [3.63, 3.8) is 0 Å². The third-order valence-electron chi connectivity index (χ3n) is 3.72. The number of hydrogen-bond donors (Lipinski definition) is 2.